The van der Waals surface area contributed by atoms with E-state index >= 15 is 0 Å². The number of hydrogen-bond acceptors (Lipinski definition) is 4. The standard InChI is InChI=1S/C20H33N3O3/c1-5-7-15-26-17-11-9-16(10-12-17)19(24)22-18(8-6-2)20(25)21-13-14-23(3)4/h9-12,18H,5-8,13-15H2,1-4H3,(H,21,25)(H,22,24)/t18-/m0/s1. The van der Waals surface area contributed by atoms with Crippen LogP contribution in [0.15, 0.2) is 24.3 Å². The first-order valence-corrected chi connectivity index (χ1v) is 9.44. The Bertz CT molecular complexity index is 544. The van der Waals surface area contributed by atoms with Gasteiger partial charge in [-0.25, -0.2) is 0 Å². The number of unbranched alkanes of at least 4 members (excludes halogenated alkanes) is 1. The van der Waals surface area contributed by atoms with E-state index < -0.39 is 6.04 Å². The van der Waals surface area contributed by atoms with E-state index in [-0.39, 0.29) is 11.8 Å². The number of nitrogens with zero attached hydrogens (tertiary/aromatic N) is 1. The molecule has 1 aromatic carbocycles. The van der Waals surface area contributed by atoms with Crippen molar-refractivity contribution in [2.45, 2.75) is 45.6 Å². The SMILES string of the molecule is CCCCOc1ccc(C(=O)N[C@@H](CCC)C(=O)NCCN(C)C)cc1. The van der Waals surface area contributed by atoms with Crippen molar-refractivity contribution >= 4 is 11.8 Å². The van der Waals surface area contributed by atoms with Gasteiger partial charge in [0.1, 0.15) is 11.8 Å². The molecule has 0 bridgehead atoms. The van der Waals surface area contributed by atoms with E-state index in [2.05, 4.69) is 17.6 Å². The van der Waals surface area contributed by atoms with Gasteiger partial charge in [0, 0.05) is 18.7 Å². The van der Waals surface area contributed by atoms with Crippen LogP contribution in [0.1, 0.15) is 49.9 Å². The Hall–Kier alpha value is -2.08. The van der Waals surface area contributed by atoms with Crippen LogP contribution in [0.5, 0.6) is 5.75 Å². The number of carbonyl (C=O) groups excluding carboxylic acids is 2. The summed E-state index contributed by atoms with van der Waals surface area (Å²) in [4.78, 5) is 26.8. The zero-order valence-electron chi connectivity index (χ0n) is 16.5. The van der Waals surface area contributed by atoms with Gasteiger partial charge in [-0.15, -0.1) is 0 Å². The number of nitrogens with one attached hydrogen (secondary N) is 2. The topological polar surface area (TPSA) is 70.7 Å². The average Bonchev–Trinajstić information content (AvgIpc) is 2.61. The van der Waals surface area contributed by atoms with Crippen LogP contribution in [0.2, 0.25) is 0 Å². The fourth-order valence-electron chi connectivity index (χ4n) is 2.36. The molecule has 0 unspecified atom stereocenters. The van der Waals surface area contributed by atoms with Crippen molar-refractivity contribution < 1.29 is 14.3 Å². The Morgan fingerprint density at radius 1 is 1.12 bits per heavy atom. The fourth-order valence-corrected chi connectivity index (χ4v) is 2.36. The lowest BCUT2D eigenvalue weighted by atomic mass is 10.1. The van der Waals surface area contributed by atoms with Crippen LogP contribution in [0.25, 0.3) is 0 Å². The van der Waals surface area contributed by atoms with E-state index in [1.54, 1.807) is 24.3 Å². The molecular weight excluding hydrogens is 330 g/mol. The zero-order valence-corrected chi connectivity index (χ0v) is 16.5. The third-order valence-electron chi connectivity index (χ3n) is 3.94. The van der Waals surface area contributed by atoms with E-state index in [1.165, 1.54) is 0 Å². The summed E-state index contributed by atoms with van der Waals surface area (Å²) in [6, 6.07) is 6.51. The van der Waals surface area contributed by atoms with E-state index in [1.807, 2.05) is 25.9 Å². The highest BCUT2D eigenvalue weighted by Crippen LogP contribution is 2.13. The predicted molar refractivity (Wildman–Crippen MR) is 105 cm³/mol. The van der Waals surface area contributed by atoms with Crippen LogP contribution in [-0.2, 0) is 4.79 Å². The number of ether oxygens (including phenoxy) is 1. The second-order valence-corrected chi connectivity index (χ2v) is 6.64. The third-order valence-corrected chi connectivity index (χ3v) is 3.94. The molecule has 0 spiro atoms. The van der Waals surface area contributed by atoms with Gasteiger partial charge in [-0.1, -0.05) is 26.7 Å². The molecule has 1 atom stereocenters. The number of likely N-dealkylation sites (N-methyl/N-ethyl adjacent to an activating group) is 1. The molecule has 0 aliphatic heterocycles. The summed E-state index contributed by atoms with van der Waals surface area (Å²) in [5.41, 5.74) is 0.523. The average molecular weight is 364 g/mol. The van der Waals surface area contributed by atoms with Crippen molar-refractivity contribution in [3.8, 4) is 5.75 Å². The van der Waals surface area contributed by atoms with E-state index in [9.17, 15) is 9.59 Å². The Balaban J connectivity index is 2.58. The lowest BCUT2D eigenvalue weighted by molar-refractivity contribution is -0.123. The van der Waals surface area contributed by atoms with Crippen molar-refractivity contribution in [2.75, 3.05) is 33.8 Å². The van der Waals surface area contributed by atoms with Crippen molar-refractivity contribution in [1.82, 2.24) is 15.5 Å². The number of amides is 2. The van der Waals surface area contributed by atoms with Gasteiger partial charge in [-0.05, 0) is 51.2 Å². The molecule has 0 aromatic heterocycles. The molecule has 0 heterocycles. The normalized spacial score (nSPS) is 11.9. The van der Waals surface area contributed by atoms with E-state index in [0.717, 1.165) is 31.6 Å². The molecule has 2 N–H and O–H groups in total. The maximum Gasteiger partial charge on any atom is 0.251 e. The van der Waals surface area contributed by atoms with Gasteiger partial charge >= 0.3 is 0 Å². The number of rotatable bonds is 12. The van der Waals surface area contributed by atoms with Crippen LogP contribution in [0.4, 0.5) is 0 Å². The smallest absolute Gasteiger partial charge is 0.251 e. The lowest BCUT2D eigenvalue weighted by Crippen LogP contribution is -2.47. The molecule has 0 fully saturated rings. The molecule has 1 rings (SSSR count). The molecule has 0 saturated heterocycles. The van der Waals surface area contributed by atoms with Gasteiger partial charge in [-0.3, -0.25) is 9.59 Å². The second-order valence-electron chi connectivity index (χ2n) is 6.64. The van der Waals surface area contributed by atoms with Crippen molar-refractivity contribution in [3.05, 3.63) is 29.8 Å². The quantitative estimate of drug-likeness (QED) is 0.560. The van der Waals surface area contributed by atoms with E-state index in [4.69, 9.17) is 4.74 Å². The highest BCUT2D eigenvalue weighted by atomic mass is 16.5. The number of benzene rings is 1. The molecule has 1 aromatic rings. The van der Waals surface area contributed by atoms with Gasteiger partial charge in [-0.2, -0.15) is 0 Å². The zero-order chi connectivity index (χ0) is 19.4. The van der Waals surface area contributed by atoms with Gasteiger partial charge in [0.05, 0.1) is 6.61 Å². The maximum atomic E-state index is 12.4. The molecular formula is C20H33N3O3. The molecule has 146 valence electrons. The van der Waals surface area contributed by atoms with Crippen molar-refractivity contribution in [3.63, 3.8) is 0 Å². The summed E-state index contributed by atoms with van der Waals surface area (Å²) < 4.78 is 5.60. The first kappa shape index (κ1) is 22.0. The maximum absolute atomic E-state index is 12.4. The Labute approximate surface area is 157 Å². The third kappa shape index (κ3) is 8.34. The summed E-state index contributed by atoms with van der Waals surface area (Å²) >= 11 is 0. The lowest BCUT2D eigenvalue weighted by Gasteiger charge is -2.19. The van der Waals surface area contributed by atoms with Crippen LogP contribution in [0, 0.1) is 0 Å². The van der Waals surface area contributed by atoms with Crippen LogP contribution >= 0.6 is 0 Å². The van der Waals surface area contributed by atoms with Crippen LogP contribution in [0.3, 0.4) is 0 Å². The summed E-state index contributed by atoms with van der Waals surface area (Å²) in [6.07, 6.45) is 3.51. The molecule has 0 saturated carbocycles. The minimum Gasteiger partial charge on any atom is -0.494 e. The largest absolute Gasteiger partial charge is 0.494 e. The van der Waals surface area contributed by atoms with Crippen molar-refractivity contribution in [2.24, 2.45) is 0 Å². The monoisotopic (exact) mass is 363 g/mol. The Kier molecular flexibility index (Phi) is 10.4. The van der Waals surface area contributed by atoms with Gasteiger partial charge in [0.15, 0.2) is 0 Å². The first-order chi connectivity index (χ1) is 12.5. The second kappa shape index (κ2) is 12.3. The summed E-state index contributed by atoms with van der Waals surface area (Å²) in [5, 5.41) is 5.72. The van der Waals surface area contributed by atoms with Crippen LogP contribution in [-0.4, -0.2) is 56.5 Å². The van der Waals surface area contributed by atoms with Crippen molar-refractivity contribution in [1.29, 1.82) is 0 Å². The number of hydrogen-bond donors (Lipinski definition) is 2. The number of carbonyl (C=O) groups is 2. The fraction of sp³-hybridized carbons (Fsp3) is 0.600. The van der Waals surface area contributed by atoms with Gasteiger partial charge in [0.25, 0.3) is 5.91 Å². The molecule has 0 radical (unpaired) electrons. The molecule has 0 aliphatic rings. The molecule has 6 nitrogen and oxygen atoms in total. The molecule has 2 amide bonds. The summed E-state index contributed by atoms with van der Waals surface area (Å²) in [5.74, 6) is 0.370. The highest BCUT2D eigenvalue weighted by molar-refractivity contribution is 5.97. The first-order valence-electron chi connectivity index (χ1n) is 9.44. The minimum atomic E-state index is -0.518. The highest BCUT2D eigenvalue weighted by Gasteiger charge is 2.20. The molecule has 0 aliphatic carbocycles. The predicted octanol–water partition coefficient (Wildman–Crippen LogP) is 2.44. The summed E-state index contributed by atoms with van der Waals surface area (Å²) in [6.45, 7) is 6.10. The molecule has 26 heavy (non-hydrogen) atoms. The Morgan fingerprint density at radius 3 is 2.38 bits per heavy atom. The van der Waals surface area contributed by atoms with E-state index in [0.29, 0.717) is 25.1 Å². The Morgan fingerprint density at radius 2 is 1.81 bits per heavy atom. The summed E-state index contributed by atoms with van der Waals surface area (Å²) in [7, 11) is 3.90. The minimum absolute atomic E-state index is 0.137. The van der Waals surface area contributed by atoms with Crippen LogP contribution < -0.4 is 15.4 Å². The van der Waals surface area contributed by atoms with Gasteiger partial charge in [0.2, 0.25) is 5.91 Å². The van der Waals surface area contributed by atoms with Gasteiger partial charge < -0.3 is 20.3 Å². The molecule has 6 heteroatoms.